The smallest absolute Gasteiger partial charge is 0.277 e. The van der Waals surface area contributed by atoms with Gasteiger partial charge < -0.3 is 15.4 Å². The molecule has 12 nitrogen and oxygen atoms in total. The van der Waals surface area contributed by atoms with Crippen molar-refractivity contribution in [2.45, 2.75) is 50.7 Å². The third kappa shape index (κ3) is 5.31. The van der Waals surface area contributed by atoms with Gasteiger partial charge in [-0.05, 0) is 37.7 Å². The number of ether oxygens (including phenoxy) is 1. The van der Waals surface area contributed by atoms with E-state index in [0.29, 0.717) is 25.0 Å². The fourth-order valence-corrected chi connectivity index (χ4v) is 7.49. The molecule has 4 N–H and O–H groups in total. The fourth-order valence-electron chi connectivity index (χ4n) is 5.67. The molecule has 0 atom stereocenters. The molecule has 14 heteroatoms. The monoisotopic (exact) mass is 547 g/mol. The summed E-state index contributed by atoms with van der Waals surface area (Å²) < 4.78 is 32.8. The number of nitrogens with two attached hydrogens (primary N) is 1. The van der Waals surface area contributed by atoms with Crippen molar-refractivity contribution in [3.63, 3.8) is 0 Å². The zero-order chi connectivity index (χ0) is 25.6. The minimum Gasteiger partial charge on any atom is -0.379 e. The van der Waals surface area contributed by atoms with E-state index in [1.165, 1.54) is 4.31 Å². The zero-order valence-corrected chi connectivity index (χ0v) is 22.5. The Hall–Kier alpha value is -2.36. The molecule has 3 aromatic heterocycles. The van der Waals surface area contributed by atoms with Gasteiger partial charge in [-0.15, -0.1) is 11.3 Å². The molecule has 1 aliphatic carbocycles. The third-order valence-corrected chi connectivity index (χ3v) is 9.79. The molecule has 0 spiro atoms. The quantitative estimate of drug-likeness (QED) is 0.421. The maximum atomic E-state index is 12.1. The highest BCUT2D eigenvalue weighted by atomic mass is 32.2. The molecule has 0 unspecified atom stereocenters. The number of anilines is 3. The second-order valence-electron chi connectivity index (χ2n) is 10.0. The number of hydrogen-bond acceptors (Lipinski definition) is 10. The highest BCUT2D eigenvalue weighted by Gasteiger charge is 2.31. The summed E-state index contributed by atoms with van der Waals surface area (Å²) in [5, 5.41) is 17.6. The lowest BCUT2D eigenvalue weighted by Gasteiger charge is -2.39. The molecule has 6 rings (SSSR count). The van der Waals surface area contributed by atoms with Crippen LogP contribution in [0, 0.1) is 0 Å². The Bertz CT molecular complexity index is 1380. The van der Waals surface area contributed by atoms with Gasteiger partial charge in [-0.25, -0.2) is 10.1 Å². The number of aryl methyl sites for hydroxylation is 1. The maximum absolute atomic E-state index is 12.1. The molecule has 5 heterocycles. The van der Waals surface area contributed by atoms with Crippen molar-refractivity contribution in [2.75, 3.05) is 43.5 Å². The molecule has 2 fully saturated rings. The zero-order valence-electron chi connectivity index (χ0n) is 20.9. The molecule has 1 saturated carbocycles. The lowest BCUT2D eigenvalue weighted by atomic mass is 9.90. The molecule has 37 heavy (non-hydrogen) atoms. The first-order valence-electron chi connectivity index (χ1n) is 12.8. The second kappa shape index (κ2) is 10.1. The summed E-state index contributed by atoms with van der Waals surface area (Å²) >= 11 is 1.60. The van der Waals surface area contributed by atoms with E-state index in [2.05, 4.69) is 20.6 Å². The first-order valence-corrected chi connectivity index (χ1v) is 15.1. The van der Waals surface area contributed by atoms with Gasteiger partial charge >= 0.3 is 0 Å². The van der Waals surface area contributed by atoms with Gasteiger partial charge in [0.25, 0.3) is 10.2 Å². The van der Waals surface area contributed by atoms with E-state index < -0.39 is 10.2 Å². The minimum absolute atomic E-state index is 0.241. The van der Waals surface area contributed by atoms with Crippen LogP contribution >= 0.6 is 11.3 Å². The number of thiophene rings is 1. The number of aromatic nitrogens is 4. The molecule has 0 aromatic carbocycles. The Labute approximate surface area is 220 Å². The largest absolute Gasteiger partial charge is 0.379 e. The van der Waals surface area contributed by atoms with E-state index >= 15 is 0 Å². The summed E-state index contributed by atoms with van der Waals surface area (Å²) in [6.07, 6.45) is 8.58. The Morgan fingerprint density at radius 3 is 2.62 bits per heavy atom. The molecule has 200 valence electrons. The van der Waals surface area contributed by atoms with Crippen molar-refractivity contribution in [1.82, 2.24) is 29.0 Å². The standard InChI is InChI=1S/C23H33N9O3S2/c1-30-13-16(12-25-30)27-23-28-21(26-15-2-4-17(5-3-15)31-8-10-35-11-9-31)20-18-14-32(37(24,33)34)7-6-19(18)36-22(20)29-23/h12-13,15,17H,2-11,14H2,1H3,(H2,24,33,34)(H2,26,27,28,29). The predicted octanol–water partition coefficient (Wildman–Crippen LogP) is 1.79. The van der Waals surface area contributed by atoms with E-state index in [1.54, 1.807) is 22.2 Å². The third-order valence-electron chi connectivity index (χ3n) is 7.58. The topological polar surface area (TPSA) is 144 Å². The lowest BCUT2D eigenvalue weighted by Crippen LogP contribution is -2.46. The minimum atomic E-state index is -3.78. The first-order chi connectivity index (χ1) is 17.8. The summed E-state index contributed by atoms with van der Waals surface area (Å²) in [5.74, 6) is 1.24. The summed E-state index contributed by atoms with van der Waals surface area (Å²) in [5.41, 5.74) is 1.76. The van der Waals surface area contributed by atoms with Gasteiger partial charge in [-0.3, -0.25) is 9.58 Å². The van der Waals surface area contributed by atoms with Crippen LogP contribution in [-0.2, 0) is 35.0 Å². The van der Waals surface area contributed by atoms with Crippen molar-refractivity contribution in [2.24, 2.45) is 12.2 Å². The van der Waals surface area contributed by atoms with Crippen LogP contribution < -0.4 is 15.8 Å². The van der Waals surface area contributed by atoms with E-state index in [4.69, 9.17) is 19.8 Å². The van der Waals surface area contributed by atoms with Gasteiger partial charge in [0.2, 0.25) is 5.95 Å². The fraction of sp³-hybridized carbons (Fsp3) is 0.609. The SMILES string of the molecule is Cn1cc(Nc2nc(NC3CCC(N4CCOCC4)CC3)c3c4c(sc3n2)CCN(S(N)(=O)=O)C4)cn1. The van der Waals surface area contributed by atoms with E-state index in [0.717, 1.165) is 84.1 Å². The van der Waals surface area contributed by atoms with Gasteiger partial charge in [0.1, 0.15) is 10.6 Å². The molecule has 3 aromatic rings. The van der Waals surface area contributed by atoms with Gasteiger partial charge in [0, 0.05) is 56.4 Å². The van der Waals surface area contributed by atoms with Crippen LogP contribution in [-0.4, -0.2) is 82.3 Å². The van der Waals surface area contributed by atoms with Crippen LogP contribution in [0.5, 0.6) is 0 Å². The lowest BCUT2D eigenvalue weighted by molar-refractivity contribution is 0.00791. The van der Waals surface area contributed by atoms with Gasteiger partial charge in [0.05, 0.1) is 30.5 Å². The second-order valence-corrected chi connectivity index (χ2v) is 12.7. The van der Waals surface area contributed by atoms with Gasteiger partial charge in [-0.1, -0.05) is 0 Å². The van der Waals surface area contributed by atoms with Gasteiger partial charge in [0.15, 0.2) is 0 Å². The molecule has 0 bridgehead atoms. The summed E-state index contributed by atoms with van der Waals surface area (Å²) in [4.78, 5) is 14.2. The Kier molecular flexibility index (Phi) is 6.79. The van der Waals surface area contributed by atoms with Crippen molar-refractivity contribution in [3.8, 4) is 0 Å². The van der Waals surface area contributed by atoms with Crippen LogP contribution in [0.25, 0.3) is 10.2 Å². The highest BCUT2D eigenvalue weighted by molar-refractivity contribution is 7.86. The molecule has 3 aliphatic rings. The van der Waals surface area contributed by atoms with E-state index in [-0.39, 0.29) is 12.6 Å². The molecule has 2 aliphatic heterocycles. The Balaban J connectivity index is 1.29. The molecule has 1 saturated heterocycles. The number of hydrogen-bond donors (Lipinski definition) is 3. The summed E-state index contributed by atoms with van der Waals surface area (Å²) in [6.45, 7) is 4.29. The molecule has 0 radical (unpaired) electrons. The average molecular weight is 548 g/mol. The predicted molar refractivity (Wildman–Crippen MR) is 143 cm³/mol. The van der Waals surface area contributed by atoms with Crippen molar-refractivity contribution >= 4 is 49.2 Å². The first kappa shape index (κ1) is 24.9. The summed E-state index contributed by atoms with van der Waals surface area (Å²) in [6, 6.07) is 0.891. The van der Waals surface area contributed by atoms with Crippen LogP contribution in [0.15, 0.2) is 12.4 Å². The molecular formula is C23H33N9O3S2. The number of rotatable bonds is 6. The maximum Gasteiger partial charge on any atom is 0.277 e. The van der Waals surface area contributed by atoms with E-state index in [1.807, 2.05) is 13.2 Å². The number of nitrogens with zero attached hydrogens (tertiary/aromatic N) is 6. The normalized spacial score (nSPS) is 23.7. The van der Waals surface area contributed by atoms with Gasteiger partial charge in [-0.2, -0.15) is 22.8 Å². The average Bonchev–Trinajstić information content (AvgIpc) is 3.46. The number of fused-ring (bicyclic) bond motifs is 3. The van der Waals surface area contributed by atoms with Crippen molar-refractivity contribution in [3.05, 3.63) is 22.8 Å². The Morgan fingerprint density at radius 2 is 1.92 bits per heavy atom. The number of nitrogens with one attached hydrogen (secondary N) is 2. The molecule has 0 amide bonds. The van der Waals surface area contributed by atoms with Crippen LogP contribution in [0.2, 0.25) is 0 Å². The van der Waals surface area contributed by atoms with Crippen molar-refractivity contribution < 1.29 is 13.2 Å². The number of morpholine rings is 1. The Morgan fingerprint density at radius 1 is 1.14 bits per heavy atom. The van der Waals surface area contributed by atoms with Crippen LogP contribution in [0.1, 0.15) is 36.1 Å². The molecular weight excluding hydrogens is 514 g/mol. The van der Waals surface area contributed by atoms with Crippen LogP contribution in [0.4, 0.5) is 17.5 Å². The highest BCUT2D eigenvalue weighted by Crippen LogP contribution is 2.40. The van der Waals surface area contributed by atoms with Crippen LogP contribution in [0.3, 0.4) is 0 Å². The van der Waals surface area contributed by atoms with Crippen molar-refractivity contribution in [1.29, 1.82) is 0 Å². The van der Waals surface area contributed by atoms with E-state index in [9.17, 15) is 8.42 Å². The summed E-state index contributed by atoms with van der Waals surface area (Å²) in [7, 11) is -1.92.